The topological polar surface area (TPSA) is 67.5 Å². The lowest BCUT2D eigenvalue weighted by Crippen LogP contribution is -2.00. The van der Waals surface area contributed by atoms with Gasteiger partial charge in [-0.25, -0.2) is 4.79 Å². The summed E-state index contributed by atoms with van der Waals surface area (Å²) in [4.78, 5) is 10.9. The standard InChI is InChI=1S/C15H16O4S/c1-10-5-3-4-6-12(10)8-20(18)9-13-7-11(2)14(19-13)15(16)17/h3-7H,8-9H2,1-2H3,(H,16,17). The van der Waals surface area contributed by atoms with Gasteiger partial charge >= 0.3 is 5.97 Å². The minimum atomic E-state index is -1.13. The van der Waals surface area contributed by atoms with E-state index in [0.29, 0.717) is 17.1 Å². The molecule has 0 saturated carbocycles. The average molecular weight is 292 g/mol. The molecule has 1 unspecified atom stereocenters. The maximum Gasteiger partial charge on any atom is 0.372 e. The van der Waals surface area contributed by atoms with Crippen molar-refractivity contribution in [1.29, 1.82) is 0 Å². The lowest BCUT2D eigenvalue weighted by atomic mass is 10.1. The number of aromatic carboxylic acids is 1. The first-order valence-corrected chi connectivity index (χ1v) is 7.68. The molecule has 0 aliphatic carbocycles. The van der Waals surface area contributed by atoms with Crippen LogP contribution in [0.5, 0.6) is 0 Å². The second-order valence-corrected chi connectivity index (χ2v) is 6.14. The van der Waals surface area contributed by atoms with Gasteiger partial charge in [-0.3, -0.25) is 4.21 Å². The number of benzene rings is 1. The number of rotatable bonds is 5. The fraction of sp³-hybridized carbons (Fsp3) is 0.267. The Morgan fingerprint density at radius 3 is 2.50 bits per heavy atom. The van der Waals surface area contributed by atoms with Gasteiger partial charge in [-0.15, -0.1) is 0 Å². The van der Waals surface area contributed by atoms with E-state index < -0.39 is 16.8 Å². The van der Waals surface area contributed by atoms with Crippen molar-refractivity contribution in [1.82, 2.24) is 0 Å². The monoisotopic (exact) mass is 292 g/mol. The zero-order valence-electron chi connectivity index (χ0n) is 11.4. The number of hydrogen-bond donors (Lipinski definition) is 1. The largest absolute Gasteiger partial charge is 0.475 e. The zero-order valence-corrected chi connectivity index (χ0v) is 12.2. The average Bonchev–Trinajstić information content (AvgIpc) is 2.73. The Kier molecular flexibility index (Phi) is 4.39. The van der Waals surface area contributed by atoms with Crippen LogP contribution in [0.15, 0.2) is 34.7 Å². The molecular formula is C15H16O4S. The SMILES string of the molecule is Cc1ccccc1CS(=O)Cc1cc(C)c(C(=O)O)o1. The molecule has 106 valence electrons. The van der Waals surface area contributed by atoms with E-state index in [9.17, 15) is 9.00 Å². The molecule has 20 heavy (non-hydrogen) atoms. The Balaban J connectivity index is 2.07. The number of carboxylic acids is 1. The summed E-state index contributed by atoms with van der Waals surface area (Å²) in [6, 6.07) is 9.42. The number of aryl methyl sites for hydroxylation is 2. The molecule has 0 radical (unpaired) electrons. The highest BCUT2D eigenvalue weighted by Gasteiger charge is 2.16. The first-order chi connectivity index (χ1) is 9.47. The molecule has 2 rings (SSSR count). The fourth-order valence-electron chi connectivity index (χ4n) is 1.99. The normalized spacial score (nSPS) is 12.3. The summed E-state index contributed by atoms with van der Waals surface area (Å²) in [5.74, 6) is -0.0600. The third-order valence-corrected chi connectivity index (χ3v) is 4.28. The molecule has 1 aromatic carbocycles. The Labute approximate surface area is 119 Å². The molecule has 0 aliphatic rings. The smallest absolute Gasteiger partial charge is 0.372 e. The Hall–Kier alpha value is -1.88. The van der Waals surface area contributed by atoms with Crippen LogP contribution in [-0.2, 0) is 22.3 Å². The number of hydrogen-bond acceptors (Lipinski definition) is 3. The number of carboxylic acid groups (broad SMARTS) is 1. The van der Waals surface area contributed by atoms with Gasteiger partial charge in [-0.1, -0.05) is 24.3 Å². The van der Waals surface area contributed by atoms with E-state index in [1.807, 2.05) is 31.2 Å². The van der Waals surface area contributed by atoms with Crippen LogP contribution in [0, 0.1) is 13.8 Å². The predicted molar refractivity (Wildman–Crippen MR) is 77.1 cm³/mol. The summed E-state index contributed by atoms with van der Waals surface area (Å²) in [5, 5.41) is 8.92. The van der Waals surface area contributed by atoms with E-state index in [1.54, 1.807) is 13.0 Å². The Morgan fingerprint density at radius 2 is 1.90 bits per heavy atom. The summed E-state index contributed by atoms with van der Waals surface area (Å²) < 4.78 is 17.4. The van der Waals surface area contributed by atoms with Crippen LogP contribution in [-0.4, -0.2) is 15.3 Å². The van der Waals surface area contributed by atoms with Gasteiger partial charge in [0.25, 0.3) is 0 Å². The van der Waals surface area contributed by atoms with Gasteiger partial charge in [0.1, 0.15) is 5.76 Å². The van der Waals surface area contributed by atoms with Crippen LogP contribution >= 0.6 is 0 Å². The van der Waals surface area contributed by atoms with Gasteiger partial charge in [0, 0.05) is 22.1 Å². The predicted octanol–water partition coefficient (Wildman–Crippen LogP) is 3.04. The van der Waals surface area contributed by atoms with E-state index in [-0.39, 0.29) is 11.5 Å². The third kappa shape index (κ3) is 3.36. The molecular weight excluding hydrogens is 276 g/mol. The van der Waals surface area contributed by atoms with Crippen molar-refractivity contribution in [2.24, 2.45) is 0 Å². The van der Waals surface area contributed by atoms with E-state index in [2.05, 4.69) is 0 Å². The van der Waals surface area contributed by atoms with Crippen LogP contribution in [0.1, 0.15) is 33.0 Å². The summed E-state index contributed by atoms with van der Waals surface area (Å²) in [6.07, 6.45) is 0. The first-order valence-electron chi connectivity index (χ1n) is 6.19. The van der Waals surface area contributed by atoms with Crippen molar-refractivity contribution in [2.75, 3.05) is 0 Å². The fourth-order valence-corrected chi connectivity index (χ4v) is 3.22. The van der Waals surface area contributed by atoms with Crippen molar-refractivity contribution in [2.45, 2.75) is 25.4 Å². The second kappa shape index (κ2) is 6.05. The van der Waals surface area contributed by atoms with Crippen LogP contribution in [0.3, 0.4) is 0 Å². The summed E-state index contributed by atoms with van der Waals surface area (Å²) in [5.41, 5.74) is 2.69. The highest BCUT2D eigenvalue weighted by molar-refractivity contribution is 7.83. The van der Waals surface area contributed by atoms with Crippen molar-refractivity contribution in [3.8, 4) is 0 Å². The number of furan rings is 1. The van der Waals surface area contributed by atoms with E-state index in [4.69, 9.17) is 9.52 Å². The third-order valence-electron chi connectivity index (χ3n) is 3.04. The molecule has 1 atom stereocenters. The summed E-state index contributed by atoms with van der Waals surface area (Å²) in [7, 11) is -1.13. The van der Waals surface area contributed by atoms with Gasteiger partial charge in [-0.05, 0) is 31.0 Å². The van der Waals surface area contributed by atoms with Crippen molar-refractivity contribution < 1.29 is 18.5 Å². The van der Waals surface area contributed by atoms with Crippen molar-refractivity contribution >= 4 is 16.8 Å². The van der Waals surface area contributed by atoms with Crippen LogP contribution in [0.4, 0.5) is 0 Å². The molecule has 0 spiro atoms. The maximum absolute atomic E-state index is 12.1. The van der Waals surface area contributed by atoms with Gasteiger partial charge < -0.3 is 9.52 Å². The van der Waals surface area contributed by atoms with E-state index in [1.165, 1.54) is 0 Å². The molecule has 1 aromatic heterocycles. The molecule has 0 bridgehead atoms. The minimum Gasteiger partial charge on any atom is -0.475 e. The molecule has 2 aromatic rings. The van der Waals surface area contributed by atoms with Gasteiger partial charge in [0.2, 0.25) is 5.76 Å². The van der Waals surface area contributed by atoms with Crippen LogP contribution < -0.4 is 0 Å². The maximum atomic E-state index is 12.1. The quantitative estimate of drug-likeness (QED) is 0.919. The molecule has 5 heteroatoms. The van der Waals surface area contributed by atoms with Gasteiger partial charge in [0.15, 0.2) is 0 Å². The summed E-state index contributed by atoms with van der Waals surface area (Å²) in [6.45, 7) is 3.65. The highest BCUT2D eigenvalue weighted by atomic mass is 32.2. The lowest BCUT2D eigenvalue weighted by Gasteiger charge is -2.04. The van der Waals surface area contributed by atoms with Crippen molar-refractivity contribution in [3.63, 3.8) is 0 Å². The minimum absolute atomic E-state index is 0.0760. The zero-order chi connectivity index (χ0) is 14.7. The van der Waals surface area contributed by atoms with Crippen molar-refractivity contribution in [3.05, 3.63) is 58.5 Å². The molecule has 1 N–H and O–H groups in total. The van der Waals surface area contributed by atoms with Crippen LogP contribution in [0.2, 0.25) is 0 Å². The molecule has 0 aliphatic heterocycles. The molecule has 4 nitrogen and oxygen atoms in total. The number of carbonyl (C=O) groups is 1. The Morgan fingerprint density at radius 1 is 1.20 bits per heavy atom. The van der Waals surface area contributed by atoms with Gasteiger partial charge in [0.05, 0.1) is 5.75 Å². The van der Waals surface area contributed by atoms with E-state index >= 15 is 0 Å². The van der Waals surface area contributed by atoms with Crippen LogP contribution in [0.25, 0.3) is 0 Å². The first kappa shape index (κ1) is 14.5. The second-order valence-electron chi connectivity index (χ2n) is 4.68. The Bertz CT molecular complexity index is 658. The molecule has 1 heterocycles. The van der Waals surface area contributed by atoms with Gasteiger partial charge in [-0.2, -0.15) is 0 Å². The molecule has 0 amide bonds. The highest BCUT2D eigenvalue weighted by Crippen LogP contribution is 2.18. The molecule has 0 fully saturated rings. The van der Waals surface area contributed by atoms with E-state index in [0.717, 1.165) is 11.1 Å². The molecule has 0 saturated heterocycles. The summed E-state index contributed by atoms with van der Waals surface area (Å²) >= 11 is 0. The lowest BCUT2D eigenvalue weighted by molar-refractivity contribution is 0.0659.